The van der Waals surface area contributed by atoms with Crippen molar-refractivity contribution in [1.82, 2.24) is 10.2 Å². The van der Waals surface area contributed by atoms with Crippen molar-refractivity contribution in [3.8, 4) is 11.5 Å². The summed E-state index contributed by atoms with van der Waals surface area (Å²) in [6.45, 7) is 5.32. The molecule has 2 atom stereocenters. The molecule has 0 saturated carbocycles. The maximum atomic E-state index is 12.9. The van der Waals surface area contributed by atoms with E-state index in [1.54, 1.807) is 31.4 Å². The Balaban J connectivity index is 1.49. The van der Waals surface area contributed by atoms with Crippen LogP contribution in [0.4, 0.5) is 4.39 Å². The van der Waals surface area contributed by atoms with Crippen LogP contribution in [0.15, 0.2) is 48.5 Å². The van der Waals surface area contributed by atoms with Gasteiger partial charge in [0.15, 0.2) is 5.78 Å². The highest BCUT2D eigenvalue weighted by molar-refractivity contribution is 5.96. The number of hydrogen-bond acceptors (Lipinski definition) is 5. The van der Waals surface area contributed by atoms with Gasteiger partial charge in [-0.2, -0.15) is 0 Å². The van der Waals surface area contributed by atoms with Gasteiger partial charge in [-0.15, -0.1) is 0 Å². The van der Waals surface area contributed by atoms with Gasteiger partial charge in [0.05, 0.1) is 20.4 Å². The molecule has 1 amide bonds. The standard InChI is InChI=1S/C31H43FN2O4/c1-24(25-11-17-28(18-12-25)38-22-8-5-19-32)29(23-34-20-6-7-21-34)33-31(36)10-4-3-9-30(35)26-13-15-27(37-2)16-14-26/h11-18,24,29H,3-10,19-23H2,1-2H3,(H,33,36). The Kier molecular flexibility index (Phi) is 12.6. The molecule has 1 aliphatic rings. The number of methoxy groups -OCH3 is 1. The Morgan fingerprint density at radius 2 is 1.58 bits per heavy atom. The third-order valence-electron chi connectivity index (χ3n) is 7.28. The Bertz CT molecular complexity index is 974. The Hall–Kier alpha value is -2.93. The van der Waals surface area contributed by atoms with E-state index in [9.17, 15) is 14.0 Å². The molecule has 38 heavy (non-hydrogen) atoms. The third kappa shape index (κ3) is 9.75. The molecule has 1 fully saturated rings. The molecule has 7 heteroatoms. The minimum Gasteiger partial charge on any atom is -0.497 e. The van der Waals surface area contributed by atoms with E-state index in [1.165, 1.54) is 12.8 Å². The molecule has 0 aromatic heterocycles. The number of benzene rings is 2. The first-order valence-electron chi connectivity index (χ1n) is 14.0. The number of rotatable bonds is 17. The number of ketones is 1. The van der Waals surface area contributed by atoms with Crippen LogP contribution in [0, 0.1) is 0 Å². The van der Waals surface area contributed by atoms with Crippen molar-refractivity contribution >= 4 is 11.7 Å². The lowest BCUT2D eigenvalue weighted by Crippen LogP contribution is -2.46. The van der Waals surface area contributed by atoms with Crippen molar-refractivity contribution in [3.63, 3.8) is 0 Å². The van der Waals surface area contributed by atoms with Crippen molar-refractivity contribution in [2.75, 3.05) is 40.0 Å². The second kappa shape index (κ2) is 16.1. The van der Waals surface area contributed by atoms with Crippen molar-refractivity contribution in [3.05, 3.63) is 59.7 Å². The summed E-state index contributed by atoms with van der Waals surface area (Å²) in [5, 5.41) is 3.29. The van der Waals surface area contributed by atoms with Crippen LogP contribution in [0.1, 0.15) is 80.1 Å². The number of carbonyl (C=O) groups is 2. The number of likely N-dealkylation sites (tertiary alicyclic amines) is 1. The highest BCUT2D eigenvalue weighted by Gasteiger charge is 2.25. The number of nitrogens with one attached hydrogen (secondary N) is 1. The molecule has 1 aliphatic heterocycles. The van der Waals surface area contributed by atoms with Crippen LogP contribution < -0.4 is 14.8 Å². The average Bonchev–Trinajstić information content (AvgIpc) is 3.46. The molecule has 0 radical (unpaired) electrons. The predicted molar refractivity (Wildman–Crippen MR) is 149 cm³/mol. The zero-order chi connectivity index (χ0) is 27.2. The molecule has 6 nitrogen and oxygen atoms in total. The molecule has 2 unspecified atom stereocenters. The van der Waals surface area contributed by atoms with E-state index in [4.69, 9.17) is 9.47 Å². The number of nitrogens with zero attached hydrogens (tertiary/aromatic N) is 1. The number of unbranched alkanes of at least 4 members (excludes halogenated alkanes) is 2. The van der Waals surface area contributed by atoms with Crippen molar-refractivity contribution in [2.24, 2.45) is 0 Å². The molecule has 1 heterocycles. The zero-order valence-electron chi connectivity index (χ0n) is 22.9. The molecule has 0 aliphatic carbocycles. The fourth-order valence-electron chi connectivity index (χ4n) is 4.83. The molecular formula is C31H43FN2O4. The van der Waals surface area contributed by atoms with Crippen LogP contribution in [0.5, 0.6) is 11.5 Å². The van der Waals surface area contributed by atoms with Gasteiger partial charge in [0, 0.05) is 36.9 Å². The quantitative estimate of drug-likeness (QED) is 0.204. The van der Waals surface area contributed by atoms with Crippen molar-refractivity contribution in [2.45, 2.75) is 70.3 Å². The number of alkyl halides is 1. The van der Waals surface area contributed by atoms with Gasteiger partial charge in [-0.05, 0) is 93.6 Å². The Morgan fingerprint density at radius 1 is 0.921 bits per heavy atom. The van der Waals surface area contributed by atoms with Gasteiger partial charge in [0.25, 0.3) is 0 Å². The summed E-state index contributed by atoms with van der Waals surface area (Å²) in [6.07, 6.45) is 5.81. The minimum absolute atomic E-state index is 0.00199. The summed E-state index contributed by atoms with van der Waals surface area (Å²) in [4.78, 5) is 27.8. The Morgan fingerprint density at radius 3 is 2.24 bits per heavy atom. The summed E-state index contributed by atoms with van der Waals surface area (Å²) in [7, 11) is 1.60. The van der Waals surface area contributed by atoms with Crippen LogP contribution in [-0.4, -0.2) is 62.7 Å². The van der Waals surface area contributed by atoms with Crippen molar-refractivity contribution in [1.29, 1.82) is 0 Å². The van der Waals surface area contributed by atoms with Gasteiger partial charge < -0.3 is 19.7 Å². The number of carbonyl (C=O) groups excluding carboxylic acids is 2. The maximum absolute atomic E-state index is 12.9. The third-order valence-corrected chi connectivity index (χ3v) is 7.28. The summed E-state index contributed by atoms with van der Waals surface area (Å²) >= 11 is 0. The average molecular weight is 527 g/mol. The summed E-state index contributed by atoms with van der Waals surface area (Å²) < 4.78 is 23.1. The van der Waals surface area contributed by atoms with Gasteiger partial charge in [-0.1, -0.05) is 19.1 Å². The summed E-state index contributed by atoms with van der Waals surface area (Å²) in [5.74, 6) is 1.76. The van der Waals surface area contributed by atoms with Crippen LogP contribution in [-0.2, 0) is 4.79 Å². The van der Waals surface area contributed by atoms with Gasteiger partial charge in [-0.25, -0.2) is 0 Å². The number of ether oxygens (including phenoxy) is 2. The van der Waals surface area contributed by atoms with Crippen LogP contribution >= 0.6 is 0 Å². The molecule has 0 bridgehead atoms. The molecular weight excluding hydrogens is 483 g/mol. The topological polar surface area (TPSA) is 67.9 Å². The second-order valence-corrected chi connectivity index (χ2v) is 10.1. The molecule has 1 N–H and O–H groups in total. The molecule has 2 aromatic carbocycles. The van der Waals surface area contributed by atoms with Crippen LogP contribution in [0.25, 0.3) is 0 Å². The molecule has 0 spiro atoms. The van der Waals surface area contributed by atoms with Gasteiger partial charge in [-0.3, -0.25) is 14.0 Å². The van der Waals surface area contributed by atoms with E-state index in [2.05, 4.69) is 29.3 Å². The van der Waals surface area contributed by atoms with Crippen LogP contribution in [0.2, 0.25) is 0 Å². The largest absolute Gasteiger partial charge is 0.497 e. The lowest BCUT2D eigenvalue weighted by atomic mass is 9.92. The molecule has 208 valence electrons. The highest BCUT2D eigenvalue weighted by atomic mass is 19.1. The zero-order valence-corrected chi connectivity index (χ0v) is 22.9. The lowest BCUT2D eigenvalue weighted by molar-refractivity contribution is -0.122. The van der Waals surface area contributed by atoms with Gasteiger partial charge >= 0.3 is 0 Å². The first-order valence-corrected chi connectivity index (χ1v) is 14.0. The normalized spacial score (nSPS) is 15.1. The van der Waals surface area contributed by atoms with E-state index in [0.29, 0.717) is 50.7 Å². The molecule has 3 rings (SSSR count). The Labute approximate surface area is 226 Å². The van der Waals surface area contributed by atoms with Gasteiger partial charge in [0.1, 0.15) is 11.5 Å². The number of halogens is 1. The van der Waals surface area contributed by atoms with E-state index in [1.807, 2.05) is 12.1 Å². The summed E-state index contributed by atoms with van der Waals surface area (Å²) in [5.41, 5.74) is 1.82. The smallest absolute Gasteiger partial charge is 0.220 e. The predicted octanol–water partition coefficient (Wildman–Crippen LogP) is 5.95. The number of amides is 1. The van der Waals surface area contributed by atoms with E-state index < -0.39 is 0 Å². The fourth-order valence-corrected chi connectivity index (χ4v) is 4.83. The maximum Gasteiger partial charge on any atom is 0.220 e. The number of Topliss-reactive ketones (excluding diaryl/α,β-unsaturated/α-hetero) is 1. The SMILES string of the molecule is COc1ccc(C(=O)CCCCC(=O)NC(CN2CCCC2)C(C)c2ccc(OCCCCF)cc2)cc1. The number of hydrogen-bond donors (Lipinski definition) is 1. The van der Waals surface area contributed by atoms with Gasteiger partial charge in [0.2, 0.25) is 5.91 Å². The monoisotopic (exact) mass is 526 g/mol. The first kappa shape index (κ1) is 29.6. The molecule has 1 saturated heterocycles. The molecule has 2 aromatic rings. The highest BCUT2D eigenvalue weighted by Crippen LogP contribution is 2.24. The summed E-state index contributed by atoms with van der Waals surface area (Å²) in [6, 6.07) is 15.2. The minimum atomic E-state index is -0.314. The first-order chi connectivity index (χ1) is 18.5. The van der Waals surface area contributed by atoms with E-state index in [-0.39, 0.29) is 30.3 Å². The van der Waals surface area contributed by atoms with Crippen LogP contribution in [0.3, 0.4) is 0 Å². The van der Waals surface area contributed by atoms with E-state index in [0.717, 1.165) is 36.7 Å². The van der Waals surface area contributed by atoms with Crippen molar-refractivity contribution < 1.29 is 23.5 Å². The lowest BCUT2D eigenvalue weighted by Gasteiger charge is -2.30. The second-order valence-electron chi connectivity index (χ2n) is 10.1. The van der Waals surface area contributed by atoms with E-state index >= 15 is 0 Å². The fraction of sp³-hybridized carbons (Fsp3) is 0.548.